The van der Waals surface area contributed by atoms with Gasteiger partial charge in [0.05, 0.1) is 6.04 Å². The molecule has 1 aliphatic heterocycles. The number of benzene rings is 2. The molecule has 2 aromatic rings. The monoisotopic (exact) mass is 429 g/mol. The first-order valence-electron chi connectivity index (χ1n) is 8.56. The molecule has 2 aromatic carbocycles. The van der Waals surface area contributed by atoms with E-state index in [-0.39, 0.29) is 12.6 Å². The van der Waals surface area contributed by atoms with Gasteiger partial charge in [-0.25, -0.2) is 4.79 Å². The third-order valence-corrected chi connectivity index (χ3v) is 5.15. The molecule has 0 bridgehead atoms. The molecule has 0 spiro atoms. The van der Waals surface area contributed by atoms with Gasteiger partial charge in [-0.15, -0.1) is 0 Å². The van der Waals surface area contributed by atoms with Crippen LogP contribution in [0.1, 0.15) is 31.0 Å². The SMILES string of the molecule is CC(NC(=O)CN1C(=O)NC(C)(c2cccc(Br)c2)C1=O)c1ccccc1. The number of rotatable bonds is 5. The number of urea groups is 1. The van der Waals surface area contributed by atoms with E-state index in [1.807, 2.05) is 43.3 Å². The molecule has 1 aliphatic rings. The summed E-state index contributed by atoms with van der Waals surface area (Å²) >= 11 is 3.37. The number of hydrogen-bond acceptors (Lipinski definition) is 3. The van der Waals surface area contributed by atoms with E-state index < -0.39 is 23.4 Å². The first-order valence-corrected chi connectivity index (χ1v) is 9.35. The van der Waals surface area contributed by atoms with Crippen molar-refractivity contribution in [3.05, 3.63) is 70.2 Å². The summed E-state index contributed by atoms with van der Waals surface area (Å²) in [5.41, 5.74) is 0.393. The number of imide groups is 1. The minimum absolute atomic E-state index is 0.226. The van der Waals surface area contributed by atoms with Crippen LogP contribution in [0.2, 0.25) is 0 Å². The van der Waals surface area contributed by atoms with Gasteiger partial charge in [-0.3, -0.25) is 14.5 Å². The fourth-order valence-electron chi connectivity index (χ4n) is 3.09. The van der Waals surface area contributed by atoms with Crippen molar-refractivity contribution < 1.29 is 14.4 Å². The molecule has 3 rings (SSSR count). The van der Waals surface area contributed by atoms with Crippen LogP contribution in [0, 0.1) is 0 Å². The lowest BCUT2D eigenvalue weighted by atomic mass is 9.92. The van der Waals surface area contributed by atoms with Gasteiger partial charge < -0.3 is 10.6 Å². The van der Waals surface area contributed by atoms with Gasteiger partial charge >= 0.3 is 6.03 Å². The Kier molecular flexibility index (Phi) is 5.32. The quantitative estimate of drug-likeness (QED) is 0.716. The lowest BCUT2D eigenvalue weighted by Crippen LogP contribution is -2.43. The van der Waals surface area contributed by atoms with E-state index in [0.717, 1.165) is 14.9 Å². The zero-order valence-electron chi connectivity index (χ0n) is 15.0. The summed E-state index contributed by atoms with van der Waals surface area (Å²) in [4.78, 5) is 38.6. The number of amides is 4. The van der Waals surface area contributed by atoms with Crippen LogP contribution in [0.5, 0.6) is 0 Å². The predicted molar refractivity (Wildman–Crippen MR) is 105 cm³/mol. The van der Waals surface area contributed by atoms with Crippen molar-refractivity contribution in [3.63, 3.8) is 0 Å². The van der Waals surface area contributed by atoms with E-state index in [4.69, 9.17) is 0 Å². The minimum atomic E-state index is -1.20. The van der Waals surface area contributed by atoms with Crippen molar-refractivity contribution in [2.75, 3.05) is 6.54 Å². The van der Waals surface area contributed by atoms with Gasteiger partial charge in [0, 0.05) is 4.47 Å². The van der Waals surface area contributed by atoms with Crippen molar-refractivity contribution in [3.8, 4) is 0 Å². The van der Waals surface area contributed by atoms with Crippen LogP contribution in [0.4, 0.5) is 4.79 Å². The lowest BCUT2D eigenvalue weighted by Gasteiger charge is -2.22. The van der Waals surface area contributed by atoms with Gasteiger partial charge in [0.1, 0.15) is 12.1 Å². The van der Waals surface area contributed by atoms with Crippen molar-refractivity contribution in [2.24, 2.45) is 0 Å². The van der Waals surface area contributed by atoms with Gasteiger partial charge in [-0.1, -0.05) is 58.4 Å². The molecule has 2 N–H and O–H groups in total. The molecule has 1 fully saturated rings. The molecular formula is C20H20BrN3O3. The summed E-state index contributed by atoms with van der Waals surface area (Å²) < 4.78 is 0.802. The third kappa shape index (κ3) is 3.88. The largest absolute Gasteiger partial charge is 0.348 e. The van der Waals surface area contributed by atoms with E-state index in [0.29, 0.717) is 5.56 Å². The van der Waals surface area contributed by atoms with Crippen LogP contribution < -0.4 is 10.6 Å². The second-order valence-corrected chi connectivity index (χ2v) is 7.57. The highest BCUT2D eigenvalue weighted by Crippen LogP contribution is 2.30. The summed E-state index contributed by atoms with van der Waals surface area (Å²) in [6, 6.07) is 15.9. The molecule has 6 nitrogen and oxygen atoms in total. The van der Waals surface area contributed by atoms with E-state index in [1.54, 1.807) is 25.1 Å². The molecule has 0 aromatic heterocycles. The molecule has 1 saturated heterocycles. The fraction of sp³-hybridized carbons (Fsp3) is 0.250. The van der Waals surface area contributed by atoms with Crippen molar-refractivity contribution in [1.82, 2.24) is 15.5 Å². The summed E-state index contributed by atoms with van der Waals surface area (Å²) in [6.45, 7) is 3.16. The summed E-state index contributed by atoms with van der Waals surface area (Å²) in [5, 5.41) is 5.52. The first-order chi connectivity index (χ1) is 12.8. The highest BCUT2D eigenvalue weighted by molar-refractivity contribution is 9.10. The normalized spacial score (nSPS) is 20.3. The molecular weight excluding hydrogens is 410 g/mol. The zero-order chi connectivity index (χ0) is 19.6. The smallest absolute Gasteiger partial charge is 0.325 e. The Morgan fingerprint density at radius 2 is 1.89 bits per heavy atom. The van der Waals surface area contributed by atoms with Crippen molar-refractivity contribution >= 4 is 33.8 Å². The fourth-order valence-corrected chi connectivity index (χ4v) is 3.49. The molecule has 2 unspecified atom stereocenters. The summed E-state index contributed by atoms with van der Waals surface area (Å²) in [7, 11) is 0. The second-order valence-electron chi connectivity index (χ2n) is 6.66. The van der Waals surface area contributed by atoms with E-state index >= 15 is 0 Å². The Morgan fingerprint density at radius 3 is 2.56 bits per heavy atom. The average Bonchev–Trinajstić information content (AvgIpc) is 2.86. The molecule has 140 valence electrons. The van der Waals surface area contributed by atoms with Crippen LogP contribution in [0.25, 0.3) is 0 Å². The topological polar surface area (TPSA) is 78.5 Å². The Morgan fingerprint density at radius 1 is 1.19 bits per heavy atom. The second kappa shape index (κ2) is 7.52. The number of nitrogens with zero attached hydrogens (tertiary/aromatic N) is 1. The van der Waals surface area contributed by atoms with Crippen LogP contribution in [-0.2, 0) is 15.1 Å². The maximum atomic E-state index is 12.9. The van der Waals surface area contributed by atoms with Gasteiger partial charge in [0.15, 0.2) is 0 Å². The third-order valence-electron chi connectivity index (χ3n) is 4.66. The number of nitrogens with one attached hydrogen (secondary N) is 2. The molecule has 1 heterocycles. The molecule has 27 heavy (non-hydrogen) atoms. The van der Waals surface area contributed by atoms with Crippen molar-refractivity contribution in [2.45, 2.75) is 25.4 Å². The Labute approximate surface area is 166 Å². The summed E-state index contributed by atoms with van der Waals surface area (Å²) in [5.74, 6) is -0.846. The number of hydrogen-bond donors (Lipinski definition) is 2. The maximum Gasteiger partial charge on any atom is 0.325 e. The highest BCUT2D eigenvalue weighted by atomic mass is 79.9. The van der Waals surface area contributed by atoms with Gasteiger partial charge in [-0.05, 0) is 37.1 Å². The van der Waals surface area contributed by atoms with Gasteiger partial charge in [-0.2, -0.15) is 0 Å². The van der Waals surface area contributed by atoms with Gasteiger partial charge in [0.2, 0.25) is 5.91 Å². The maximum absolute atomic E-state index is 12.9. The Hall–Kier alpha value is -2.67. The number of halogens is 1. The molecule has 7 heteroatoms. The molecule has 4 amide bonds. The van der Waals surface area contributed by atoms with E-state index in [9.17, 15) is 14.4 Å². The Bertz CT molecular complexity index is 887. The summed E-state index contributed by atoms with van der Waals surface area (Å²) in [6.07, 6.45) is 0. The zero-order valence-corrected chi connectivity index (χ0v) is 16.6. The van der Waals surface area contributed by atoms with Crippen molar-refractivity contribution in [1.29, 1.82) is 0 Å². The minimum Gasteiger partial charge on any atom is -0.348 e. The Balaban J connectivity index is 1.71. The van der Waals surface area contributed by atoms with Crippen LogP contribution in [0.15, 0.2) is 59.1 Å². The van der Waals surface area contributed by atoms with E-state index in [1.165, 1.54) is 0 Å². The average molecular weight is 430 g/mol. The van der Waals surface area contributed by atoms with Crippen LogP contribution in [-0.4, -0.2) is 29.3 Å². The molecule has 0 aliphatic carbocycles. The van der Waals surface area contributed by atoms with Crippen LogP contribution in [0.3, 0.4) is 0 Å². The number of carbonyl (C=O) groups is 3. The predicted octanol–water partition coefficient (Wildman–Crippen LogP) is 3.09. The highest BCUT2D eigenvalue weighted by Gasteiger charge is 2.49. The first kappa shape index (κ1) is 19.1. The lowest BCUT2D eigenvalue weighted by molar-refractivity contribution is -0.135. The molecule has 0 saturated carbocycles. The van der Waals surface area contributed by atoms with Crippen LogP contribution >= 0.6 is 15.9 Å². The standard InChI is InChI=1S/C20H20BrN3O3/c1-13(14-7-4-3-5-8-14)22-17(25)12-24-18(26)20(2,23-19(24)27)15-9-6-10-16(21)11-15/h3-11,13H,12H2,1-2H3,(H,22,25)(H,23,27). The van der Waals surface area contributed by atoms with E-state index in [2.05, 4.69) is 26.6 Å². The molecule has 0 radical (unpaired) electrons. The molecule has 2 atom stereocenters. The van der Waals surface area contributed by atoms with Gasteiger partial charge in [0.25, 0.3) is 5.91 Å². The number of carbonyl (C=O) groups excluding carboxylic acids is 3.